The number of anilines is 1. The third-order valence-corrected chi connectivity index (χ3v) is 3.91. The molecular weight excluding hydrogens is 304 g/mol. The van der Waals surface area contributed by atoms with Crippen LogP contribution in [0.5, 0.6) is 0 Å². The highest BCUT2D eigenvalue weighted by Crippen LogP contribution is 2.13. The van der Waals surface area contributed by atoms with Crippen LogP contribution in [-0.4, -0.2) is 35.0 Å². The number of benzene rings is 2. The van der Waals surface area contributed by atoms with E-state index in [4.69, 9.17) is 5.11 Å². The van der Waals surface area contributed by atoms with Crippen LogP contribution in [0.4, 0.5) is 5.69 Å². The number of nitrogens with zero attached hydrogens (tertiary/aromatic N) is 1. The van der Waals surface area contributed by atoms with Gasteiger partial charge in [-0.05, 0) is 55.1 Å². The Bertz CT molecular complexity index is 690. The van der Waals surface area contributed by atoms with E-state index in [0.29, 0.717) is 11.3 Å². The molecule has 0 aliphatic rings. The highest BCUT2D eigenvalue weighted by Gasteiger charge is 2.08. The van der Waals surface area contributed by atoms with Gasteiger partial charge in [-0.1, -0.05) is 26.0 Å². The van der Waals surface area contributed by atoms with Gasteiger partial charge in [-0.15, -0.1) is 0 Å². The van der Waals surface area contributed by atoms with E-state index in [0.717, 1.165) is 19.6 Å². The molecule has 0 unspecified atom stereocenters. The van der Waals surface area contributed by atoms with E-state index in [1.54, 1.807) is 24.3 Å². The van der Waals surface area contributed by atoms with Gasteiger partial charge >= 0.3 is 5.97 Å². The first-order valence-electron chi connectivity index (χ1n) is 7.99. The molecule has 0 aliphatic carbocycles. The molecular formula is C19H22N2O3. The van der Waals surface area contributed by atoms with Gasteiger partial charge in [0.25, 0.3) is 5.91 Å². The van der Waals surface area contributed by atoms with Crippen molar-refractivity contribution in [3.05, 3.63) is 65.2 Å². The first kappa shape index (κ1) is 17.7. The van der Waals surface area contributed by atoms with Crippen LogP contribution in [0, 0.1) is 0 Å². The third kappa shape index (κ3) is 4.67. The van der Waals surface area contributed by atoms with Crippen molar-refractivity contribution in [3.8, 4) is 0 Å². The maximum Gasteiger partial charge on any atom is 0.335 e. The topological polar surface area (TPSA) is 69.6 Å². The van der Waals surface area contributed by atoms with Crippen LogP contribution in [0.15, 0.2) is 48.5 Å². The molecule has 0 spiro atoms. The lowest BCUT2D eigenvalue weighted by Crippen LogP contribution is -2.22. The number of rotatable bonds is 7. The summed E-state index contributed by atoms with van der Waals surface area (Å²) < 4.78 is 0. The van der Waals surface area contributed by atoms with Gasteiger partial charge in [-0.3, -0.25) is 9.69 Å². The molecule has 0 heterocycles. The van der Waals surface area contributed by atoms with Crippen molar-refractivity contribution in [2.75, 3.05) is 18.4 Å². The normalized spacial score (nSPS) is 10.6. The molecule has 2 aromatic rings. The molecule has 2 aromatic carbocycles. The first-order valence-corrected chi connectivity index (χ1v) is 7.99. The summed E-state index contributed by atoms with van der Waals surface area (Å²) in [5.74, 6) is -1.20. The van der Waals surface area contributed by atoms with Gasteiger partial charge in [0.05, 0.1) is 5.56 Å². The van der Waals surface area contributed by atoms with Gasteiger partial charge in [0.2, 0.25) is 0 Å². The summed E-state index contributed by atoms with van der Waals surface area (Å²) in [5.41, 5.74) is 2.49. The van der Waals surface area contributed by atoms with Gasteiger partial charge < -0.3 is 10.4 Å². The Kier molecular flexibility index (Phi) is 6.09. The molecule has 0 fully saturated rings. The molecule has 5 nitrogen and oxygen atoms in total. The summed E-state index contributed by atoms with van der Waals surface area (Å²) in [7, 11) is 0. The maximum atomic E-state index is 12.2. The minimum absolute atomic E-state index is 0.189. The van der Waals surface area contributed by atoms with Crippen LogP contribution in [0.3, 0.4) is 0 Å². The number of carbonyl (C=O) groups excluding carboxylic acids is 1. The highest BCUT2D eigenvalue weighted by molar-refractivity contribution is 6.04. The third-order valence-electron chi connectivity index (χ3n) is 3.91. The Balaban J connectivity index is 2.00. The van der Waals surface area contributed by atoms with E-state index in [1.807, 2.05) is 12.1 Å². The van der Waals surface area contributed by atoms with Gasteiger partial charge in [0, 0.05) is 17.8 Å². The number of carbonyl (C=O) groups is 2. The molecule has 0 aromatic heterocycles. The van der Waals surface area contributed by atoms with Crippen molar-refractivity contribution in [3.63, 3.8) is 0 Å². The van der Waals surface area contributed by atoms with E-state index in [9.17, 15) is 9.59 Å². The van der Waals surface area contributed by atoms with E-state index in [-0.39, 0.29) is 11.5 Å². The Labute approximate surface area is 141 Å². The van der Waals surface area contributed by atoms with Crippen LogP contribution in [0.25, 0.3) is 0 Å². The van der Waals surface area contributed by atoms with Crippen molar-refractivity contribution in [1.82, 2.24) is 4.90 Å². The quantitative estimate of drug-likeness (QED) is 0.817. The van der Waals surface area contributed by atoms with Gasteiger partial charge in [0.15, 0.2) is 0 Å². The lowest BCUT2D eigenvalue weighted by molar-refractivity contribution is 0.0696. The summed E-state index contributed by atoms with van der Waals surface area (Å²) in [6.07, 6.45) is 0. The molecule has 0 saturated heterocycles. The number of hydrogen-bond donors (Lipinski definition) is 2. The number of carboxylic acid groups (broad SMARTS) is 1. The average Bonchev–Trinajstić information content (AvgIpc) is 2.60. The van der Waals surface area contributed by atoms with E-state index in [2.05, 4.69) is 24.1 Å². The van der Waals surface area contributed by atoms with Crippen LogP contribution >= 0.6 is 0 Å². The number of hydrogen-bond acceptors (Lipinski definition) is 3. The number of nitrogens with one attached hydrogen (secondary N) is 1. The fourth-order valence-corrected chi connectivity index (χ4v) is 2.37. The summed E-state index contributed by atoms with van der Waals surface area (Å²) in [4.78, 5) is 25.4. The Morgan fingerprint density at radius 2 is 1.46 bits per heavy atom. The summed E-state index contributed by atoms with van der Waals surface area (Å²) >= 11 is 0. The lowest BCUT2D eigenvalue weighted by Gasteiger charge is -2.18. The molecule has 2 rings (SSSR count). The second kappa shape index (κ2) is 8.26. The SMILES string of the molecule is CCN(CC)Cc1ccc(C(=O)Nc2ccc(C(=O)O)cc2)cc1. The Hall–Kier alpha value is -2.66. The van der Waals surface area contributed by atoms with E-state index < -0.39 is 5.97 Å². The van der Waals surface area contributed by atoms with Crippen LogP contribution in [0.1, 0.15) is 40.1 Å². The second-order valence-electron chi connectivity index (χ2n) is 5.49. The van der Waals surface area contributed by atoms with Crippen LogP contribution in [-0.2, 0) is 6.54 Å². The molecule has 0 radical (unpaired) electrons. The minimum atomic E-state index is -0.989. The van der Waals surface area contributed by atoms with Crippen molar-refractivity contribution in [2.45, 2.75) is 20.4 Å². The Morgan fingerprint density at radius 1 is 0.917 bits per heavy atom. The maximum absolute atomic E-state index is 12.2. The second-order valence-corrected chi connectivity index (χ2v) is 5.49. The lowest BCUT2D eigenvalue weighted by atomic mass is 10.1. The minimum Gasteiger partial charge on any atom is -0.478 e. The molecule has 2 N–H and O–H groups in total. The summed E-state index contributed by atoms with van der Waals surface area (Å²) in [6.45, 7) is 7.10. The summed E-state index contributed by atoms with van der Waals surface area (Å²) in [6, 6.07) is 13.6. The predicted octanol–water partition coefficient (Wildman–Crippen LogP) is 3.48. The van der Waals surface area contributed by atoms with Crippen molar-refractivity contribution >= 4 is 17.6 Å². The molecule has 0 aliphatic heterocycles. The van der Waals surface area contributed by atoms with E-state index in [1.165, 1.54) is 17.7 Å². The van der Waals surface area contributed by atoms with Crippen molar-refractivity contribution in [1.29, 1.82) is 0 Å². The van der Waals surface area contributed by atoms with Gasteiger partial charge in [-0.2, -0.15) is 0 Å². The zero-order valence-corrected chi connectivity index (χ0v) is 14.0. The highest BCUT2D eigenvalue weighted by atomic mass is 16.4. The Morgan fingerprint density at radius 3 is 1.96 bits per heavy atom. The smallest absolute Gasteiger partial charge is 0.335 e. The zero-order chi connectivity index (χ0) is 17.5. The molecule has 0 saturated carbocycles. The number of amides is 1. The van der Waals surface area contributed by atoms with Crippen LogP contribution in [0.2, 0.25) is 0 Å². The predicted molar refractivity (Wildman–Crippen MR) is 94.4 cm³/mol. The van der Waals surface area contributed by atoms with Crippen LogP contribution < -0.4 is 5.32 Å². The number of aromatic carboxylic acids is 1. The first-order chi connectivity index (χ1) is 11.5. The fourth-order valence-electron chi connectivity index (χ4n) is 2.37. The largest absolute Gasteiger partial charge is 0.478 e. The standard InChI is InChI=1S/C19H22N2O3/c1-3-21(4-2)13-14-5-7-15(8-6-14)18(22)20-17-11-9-16(10-12-17)19(23)24/h5-12H,3-4,13H2,1-2H3,(H,20,22)(H,23,24). The number of carboxylic acids is 1. The van der Waals surface area contributed by atoms with Crippen molar-refractivity contribution < 1.29 is 14.7 Å². The average molecular weight is 326 g/mol. The molecule has 24 heavy (non-hydrogen) atoms. The monoisotopic (exact) mass is 326 g/mol. The van der Waals surface area contributed by atoms with E-state index >= 15 is 0 Å². The fraction of sp³-hybridized carbons (Fsp3) is 0.263. The molecule has 126 valence electrons. The molecule has 0 bridgehead atoms. The molecule has 0 atom stereocenters. The molecule has 5 heteroatoms. The zero-order valence-electron chi connectivity index (χ0n) is 14.0. The van der Waals surface area contributed by atoms with Gasteiger partial charge in [0.1, 0.15) is 0 Å². The van der Waals surface area contributed by atoms with Crippen molar-refractivity contribution in [2.24, 2.45) is 0 Å². The van der Waals surface area contributed by atoms with Gasteiger partial charge in [-0.25, -0.2) is 4.79 Å². The molecule has 1 amide bonds. The summed E-state index contributed by atoms with van der Waals surface area (Å²) in [5, 5.41) is 11.6.